The number of nitrogens with two attached hydrogens (primary N) is 1. The molecule has 106 valence electrons. The Balaban J connectivity index is 2.07. The molecule has 1 aliphatic rings. The van der Waals surface area contributed by atoms with Crippen LogP contribution in [0.1, 0.15) is 18.9 Å². The maximum Gasteiger partial charge on any atom is 0.142 e. The lowest BCUT2D eigenvalue weighted by molar-refractivity contribution is 0.590. The van der Waals surface area contributed by atoms with E-state index >= 15 is 0 Å². The van der Waals surface area contributed by atoms with Gasteiger partial charge in [-0.05, 0) is 24.5 Å². The molecule has 1 heterocycles. The van der Waals surface area contributed by atoms with Gasteiger partial charge in [-0.15, -0.1) is 0 Å². The predicted molar refractivity (Wildman–Crippen MR) is 85.9 cm³/mol. The minimum atomic E-state index is -0.357. The maximum absolute atomic E-state index is 13.4. The van der Waals surface area contributed by atoms with E-state index in [0.29, 0.717) is 16.9 Å². The normalized spacial score (nSPS) is 25.3. The summed E-state index contributed by atoms with van der Waals surface area (Å²) in [7, 11) is 0. The van der Waals surface area contributed by atoms with Crippen molar-refractivity contribution in [2.75, 3.05) is 11.5 Å². The summed E-state index contributed by atoms with van der Waals surface area (Å²) in [6.45, 7) is 2.21. The van der Waals surface area contributed by atoms with E-state index in [1.165, 1.54) is 11.8 Å². The van der Waals surface area contributed by atoms with Crippen LogP contribution in [0.15, 0.2) is 18.2 Å². The Labute approximate surface area is 127 Å². The molecule has 1 nitrogen and oxygen atoms in total. The zero-order valence-electron chi connectivity index (χ0n) is 10.9. The maximum atomic E-state index is 13.4. The summed E-state index contributed by atoms with van der Waals surface area (Å²) in [4.78, 5) is 0. The molecule has 0 amide bonds. The SMILES string of the molecule is CCC1SCCSC1C(N)Cc1cccc(F)c1Cl. The zero-order chi connectivity index (χ0) is 13.8. The Hall–Kier alpha value is 0.1000. The van der Waals surface area contributed by atoms with Gasteiger partial charge in [-0.3, -0.25) is 0 Å². The smallest absolute Gasteiger partial charge is 0.142 e. The molecule has 3 unspecified atom stereocenters. The molecule has 3 atom stereocenters. The van der Waals surface area contributed by atoms with Gasteiger partial charge in [0.15, 0.2) is 0 Å². The van der Waals surface area contributed by atoms with Gasteiger partial charge < -0.3 is 5.73 Å². The van der Waals surface area contributed by atoms with Crippen molar-refractivity contribution >= 4 is 35.1 Å². The minimum Gasteiger partial charge on any atom is -0.326 e. The molecular formula is C14H19ClFNS2. The summed E-state index contributed by atoms with van der Waals surface area (Å²) in [6.07, 6.45) is 1.78. The predicted octanol–water partition coefficient (Wildman–Crippen LogP) is 3.98. The lowest BCUT2D eigenvalue weighted by Gasteiger charge is -2.34. The Kier molecular flexibility index (Phi) is 5.87. The standard InChI is InChI=1S/C14H19ClFNS2/c1-2-12-14(19-7-6-18-12)11(17)8-9-4-3-5-10(16)13(9)15/h3-5,11-12,14H,2,6-8,17H2,1H3. The lowest BCUT2D eigenvalue weighted by atomic mass is 10.0. The van der Waals surface area contributed by atoms with Crippen molar-refractivity contribution in [3.63, 3.8) is 0 Å². The van der Waals surface area contributed by atoms with E-state index in [2.05, 4.69) is 6.92 Å². The molecule has 0 radical (unpaired) electrons. The van der Waals surface area contributed by atoms with Gasteiger partial charge in [0.25, 0.3) is 0 Å². The van der Waals surface area contributed by atoms with Crippen LogP contribution < -0.4 is 5.73 Å². The third kappa shape index (κ3) is 3.81. The van der Waals surface area contributed by atoms with Crippen molar-refractivity contribution < 1.29 is 4.39 Å². The van der Waals surface area contributed by atoms with Crippen LogP contribution in [0.4, 0.5) is 4.39 Å². The first-order chi connectivity index (χ1) is 9.13. The van der Waals surface area contributed by atoms with Crippen LogP contribution in [0.2, 0.25) is 5.02 Å². The highest BCUT2D eigenvalue weighted by molar-refractivity contribution is 8.07. The van der Waals surface area contributed by atoms with E-state index < -0.39 is 0 Å². The van der Waals surface area contributed by atoms with Gasteiger partial charge in [0.2, 0.25) is 0 Å². The van der Waals surface area contributed by atoms with Gasteiger partial charge in [-0.25, -0.2) is 4.39 Å². The van der Waals surface area contributed by atoms with Crippen molar-refractivity contribution in [3.05, 3.63) is 34.6 Å². The zero-order valence-corrected chi connectivity index (χ0v) is 13.3. The van der Waals surface area contributed by atoms with Gasteiger partial charge in [-0.1, -0.05) is 30.7 Å². The van der Waals surface area contributed by atoms with Gasteiger partial charge >= 0.3 is 0 Å². The summed E-state index contributed by atoms with van der Waals surface area (Å²) in [5.74, 6) is 1.99. The number of halogens is 2. The molecule has 1 fully saturated rings. The Morgan fingerprint density at radius 1 is 1.42 bits per heavy atom. The fraction of sp³-hybridized carbons (Fsp3) is 0.571. The second-order valence-electron chi connectivity index (χ2n) is 4.73. The molecule has 0 bridgehead atoms. The van der Waals surface area contributed by atoms with Crippen LogP contribution in [0.5, 0.6) is 0 Å². The average Bonchev–Trinajstić information content (AvgIpc) is 2.43. The van der Waals surface area contributed by atoms with Gasteiger partial charge in [-0.2, -0.15) is 23.5 Å². The fourth-order valence-electron chi connectivity index (χ4n) is 2.41. The van der Waals surface area contributed by atoms with Crippen molar-refractivity contribution in [2.24, 2.45) is 5.73 Å². The monoisotopic (exact) mass is 319 g/mol. The van der Waals surface area contributed by atoms with E-state index in [4.69, 9.17) is 17.3 Å². The van der Waals surface area contributed by atoms with E-state index in [-0.39, 0.29) is 16.9 Å². The molecule has 1 aromatic carbocycles. The fourth-order valence-corrected chi connectivity index (χ4v) is 5.81. The molecule has 0 saturated carbocycles. The van der Waals surface area contributed by atoms with Crippen LogP contribution >= 0.6 is 35.1 Å². The van der Waals surface area contributed by atoms with E-state index in [0.717, 1.165) is 17.7 Å². The molecule has 0 spiro atoms. The van der Waals surface area contributed by atoms with Crippen LogP contribution in [0.25, 0.3) is 0 Å². The summed E-state index contributed by atoms with van der Waals surface area (Å²) in [5, 5.41) is 1.25. The largest absolute Gasteiger partial charge is 0.326 e. The molecule has 1 aromatic rings. The molecule has 1 aliphatic heterocycles. The van der Waals surface area contributed by atoms with Crippen molar-refractivity contribution in [1.82, 2.24) is 0 Å². The number of benzene rings is 1. The quantitative estimate of drug-likeness (QED) is 0.909. The van der Waals surface area contributed by atoms with E-state index in [1.54, 1.807) is 6.07 Å². The van der Waals surface area contributed by atoms with Crippen molar-refractivity contribution in [3.8, 4) is 0 Å². The number of hydrogen-bond acceptors (Lipinski definition) is 3. The third-order valence-electron chi connectivity index (χ3n) is 3.40. The van der Waals surface area contributed by atoms with Crippen molar-refractivity contribution in [2.45, 2.75) is 36.3 Å². The van der Waals surface area contributed by atoms with Gasteiger partial charge in [0.05, 0.1) is 5.02 Å². The molecule has 2 rings (SSSR count). The van der Waals surface area contributed by atoms with Gasteiger partial charge in [0, 0.05) is 28.0 Å². The lowest BCUT2D eigenvalue weighted by Crippen LogP contribution is -2.43. The first-order valence-corrected chi connectivity index (χ1v) is 9.02. The molecule has 0 aliphatic carbocycles. The van der Waals surface area contributed by atoms with Crippen LogP contribution in [-0.4, -0.2) is 28.0 Å². The van der Waals surface area contributed by atoms with E-state index in [9.17, 15) is 4.39 Å². The molecule has 2 N–H and O–H groups in total. The van der Waals surface area contributed by atoms with Crippen molar-refractivity contribution in [1.29, 1.82) is 0 Å². The molecule has 5 heteroatoms. The molecule has 0 aromatic heterocycles. The highest BCUT2D eigenvalue weighted by atomic mass is 35.5. The molecule has 1 saturated heterocycles. The average molecular weight is 320 g/mol. The van der Waals surface area contributed by atoms with Gasteiger partial charge in [0.1, 0.15) is 5.82 Å². The Bertz CT molecular complexity index is 430. The van der Waals surface area contributed by atoms with Crippen LogP contribution in [0, 0.1) is 5.82 Å². The number of rotatable bonds is 4. The topological polar surface area (TPSA) is 26.0 Å². The van der Waals surface area contributed by atoms with Crippen LogP contribution in [0.3, 0.4) is 0 Å². The second-order valence-corrected chi connectivity index (χ2v) is 7.74. The molecule has 19 heavy (non-hydrogen) atoms. The summed E-state index contributed by atoms with van der Waals surface area (Å²) < 4.78 is 13.4. The second kappa shape index (κ2) is 7.21. The summed E-state index contributed by atoms with van der Waals surface area (Å²) in [6, 6.07) is 4.98. The summed E-state index contributed by atoms with van der Waals surface area (Å²) >= 11 is 9.96. The highest BCUT2D eigenvalue weighted by Gasteiger charge is 2.30. The highest BCUT2D eigenvalue weighted by Crippen LogP contribution is 2.36. The number of hydrogen-bond donors (Lipinski definition) is 1. The Morgan fingerprint density at radius 2 is 2.16 bits per heavy atom. The Morgan fingerprint density at radius 3 is 2.89 bits per heavy atom. The van der Waals surface area contributed by atoms with E-state index in [1.807, 2.05) is 29.6 Å². The molecular weight excluding hydrogens is 301 g/mol. The minimum absolute atomic E-state index is 0.0297. The van der Waals surface area contributed by atoms with Crippen LogP contribution in [-0.2, 0) is 6.42 Å². The third-order valence-corrected chi connectivity index (χ3v) is 7.25. The first-order valence-electron chi connectivity index (χ1n) is 6.55. The first kappa shape index (κ1) is 15.5. The summed E-state index contributed by atoms with van der Waals surface area (Å²) in [5.41, 5.74) is 7.17. The number of thioether (sulfide) groups is 2.